The molecule has 2 atom stereocenters. The highest BCUT2D eigenvalue weighted by Crippen LogP contribution is 2.31. The van der Waals surface area contributed by atoms with Crippen LogP contribution in [0.4, 0.5) is 0 Å². The molecule has 0 aromatic heterocycles. The number of fused-ring (bicyclic) bond motifs is 1. The summed E-state index contributed by atoms with van der Waals surface area (Å²) in [7, 11) is 1.72. The fraction of sp³-hybridized carbons (Fsp3) is 0.647. The highest BCUT2D eigenvalue weighted by molar-refractivity contribution is 6.31. The molecule has 0 N–H and O–H groups in total. The van der Waals surface area contributed by atoms with E-state index in [2.05, 4.69) is 16.7 Å². The highest BCUT2D eigenvalue weighted by Gasteiger charge is 2.33. The van der Waals surface area contributed by atoms with E-state index in [1.807, 2.05) is 18.2 Å². The van der Waals surface area contributed by atoms with E-state index >= 15 is 0 Å². The molecule has 2 saturated heterocycles. The van der Waals surface area contributed by atoms with E-state index in [1.54, 1.807) is 7.11 Å². The van der Waals surface area contributed by atoms with E-state index in [4.69, 9.17) is 16.3 Å². The SMILES string of the molecule is COc1cccc(Cl)c1CN1CC2CCCCN2CC1C. The number of hydrogen-bond acceptors (Lipinski definition) is 3. The van der Waals surface area contributed by atoms with Gasteiger partial charge >= 0.3 is 0 Å². The maximum absolute atomic E-state index is 6.40. The van der Waals surface area contributed by atoms with Gasteiger partial charge in [-0.25, -0.2) is 0 Å². The minimum atomic E-state index is 0.570. The van der Waals surface area contributed by atoms with Gasteiger partial charge < -0.3 is 4.74 Å². The van der Waals surface area contributed by atoms with Crippen molar-refractivity contribution < 1.29 is 4.74 Å². The molecule has 0 aliphatic carbocycles. The average molecular weight is 309 g/mol. The van der Waals surface area contributed by atoms with Gasteiger partial charge in [-0.3, -0.25) is 9.80 Å². The predicted octanol–water partition coefficient (Wildman–Crippen LogP) is 3.41. The summed E-state index contributed by atoms with van der Waals surface area (Å²) in [6.07, 6.45) is 4.07. The van der Waals surface area contributed by atoms with Gasteiger partial charge in [0.2, 0.25) is 0 Å². The van der Waals surface area contributed by atoms with Crippen LogP contribution in [0.3, 0.4) is 0 Å². The molecule has 21 heavy (non-hydrogen) atoms. The Morgan fingerprint density at radius 1 is 1.29 bits per heavy atom. The summed E-state index contributed by atoms with van der Waals surface area (Å²) in [6, 6.07) is 7.21. The molecule has 0 saturated carbocycles. The zero-order chi connectivity index (χ0) is 14.8. The maximum atomic E-state index is 6.40. The number of nitrogens with zero attached hydrogens (tertiary/aromatic N) is 2. The Hall–Kier alpha value is -0.770. The number of piperidine rings is 1. The summed E-state index contributed by atoms with van der Waals surface area (Å²) in [4.78, 5) is 5.24. The Balaban J connectivity index is 1.75. The van der Waals surface area contributed by atoms with Crippen molar-refractivity contribution in [3.63, 3.8) is 0 Å². The van der Waals surface area contributed by atoms with Crippen molar-refractivity contribution in [2.75, 3.05) is 26.7 Å². The lowest BCUT2D eigenvalue weighted by Crippen LogP contribution is -2.58. The number of hydrogen-bond donors (Lipinski definition) is 0. The normalized spacial score (nSPS) is 27.4. The Bertz CT molecular complexity index is 494. The van der Waals surface area contributed by atoms with Crippen molar-refractivity contribution in [1.82, 2.24) is 9.80 Å². The van der Waals surface area contributed by atoms with E-state index in [0.29, 0.717) is 6.04 Å². The first-order chi connectivity index (χ1) is 10.2. The molecule has 116 valence electrons. The van der Waals surface area contributed by atoms with Crippen LogP contribution in [0.25, 0.3) is 0 Å². The minimum Gasteiger partial charge on any atom is -0.496 e. The van der Waals surface area contributed by atoms with Gasteiger partial charge in [-0.05, 0) is 38.4 Å². The summed E-state index contributed by atoms with van der Waals surface area (Å²) in [5, 5.41) is 0.813. The number of ether oxygens (including phenoxy) is 1. The lowest BCUT2D eigenvalue weighted by Gasteiger charge is -2.47. The molecular weight excluding hydrogens is 284 g/mol. The number of rotatable bonds is 3. The topological polar surface area (TPSA) is 15.7 Å². The number of piperazine rings is 1. The first-order valence-electron chi connectivity index (χ1n) is 7.98. The monoisotopic (exact) mass is 308 g/mol. The van der Waals surface area contributed by atoms with Crippen molar-refractivity contribution in [1.29, 1.82) is 0 Å². The van der Waals surface area contributed by atoms with Crippen LogP contribution in [0.15, 0.2) is 18.2 Å². The smallest absolute Gasteiger partial charge is 0.124 e. The largest absolute Gasteiger partial charge is 0.496 e. The lowest BCUT2D eigenvalue weighted by molar-refractivity contribution is 0.0108. The quantitative estimate of drug-likeness (QED) is 0.851. The van der Waals surface area contributed by atoms with Gasteiger partial charge in [-0.15, -0.1) is 0 Å². The van der Waals surface area contributed by atoms with Gasteiger partial charge in [0.15, 0.2) is 0 Å². The second-order valence-corrected chi connectivity index (χ2v) is 6.75. The molecule has 1 aromatic carbocycles. The van der Waals surface area contributed by atoms with E-state index in [9.17, 15) is 0 Å². The molecule has 4 heteroatoms. The maximum Gasteiger partial charge on any atom is 0.124 e. The van der Waals surface area contributed by atoms with E-state index in [1.165, 1.54) is 32.4 Å². The molecule has 2 unspecified atom stereocenters. The third-order valence-electron chi connectivity index (χ3n) is 4.97. The minimum absolute atomic E-state index is 0.570. The van der Waals surface area contributed by atoms with Crippen LogP contribution in [0.5, 0.6) is 5.75 Å². The number of methoxy groups -OCH3 is 1. The molecule has 2 fully saturated rings. The van der Waals surface area contributed by atoms with Crippen LogP contribution in [-0.2, 0) is 6.54 Å². The van der Waals surface area contributed by atoms with Crippen LogP contribution < -0.4 is 4.74 Å². The number of benzene rings is 1. The summed E-state index contributed by atoms with van der Waals surface area (Å²) in [5.41, 5.74) is 1.12. The molecule has 0 radical (unpaired) electrons. The number of halogens is 1. The molecule has 0 spiro atoms. The Kier molecular flexibility index (Phi) is 4.72. The van der Waals surface area contributed by atoms with Gasteiger partial charge in [-0.1, -0.05) is 24.1 Å². The third kappa shape index (κ3) is 3.20. The van der Waals surface area contributed by atoms with Gasteiger partial charge in [-0.2, -0.15) is 0 Å². The Morgan fingerprint density at radius 2 is 2.14 bits per heavy atom. The first kappa shape index (κ1) is 15.1. The zero-order valence-corrected chi connectivity index (χ0v) is 13.8. The zero-order valence-electron chi connectivity index (χ0n) is 13.0. The van der Waals surface area contributed by atoms with Crippen LogP contribution >= 0.6 is 11.6 Å². The first-order valence-corrected chi connectivity index (χ1v) is 8.36. The molecule has 0 amide bonds. The fourth-order valence-corrected chi connectivity index (χ4v) is 3.95. The van der Waals surface area contributed by atoms with E-state index in [0.717, 1.165) is 35.5 Å². The van der Waals surface area contributed by atoms with Crippen molar-refractivity contribution in [3.05, 3.63) is 28.8 Å². The average Bonchev–Trinajstić information content (AvgIpc) is 2.49. The summed E-state index contributed by atoms with van der Waals surface area (Å²) < 4.78 is 5.49. The van der Waals surface area contributed by atoms with Crippen LogP contribution in [0.1, 0.15) is 31.7 Å². The summed E-state index contributed by atoms with van der Waals surface area (Å²) in [6.45, 7) is 6.81. The van der Waals surface area contributed by atoms with E-state index in [-0.39, 0.29) is 0 Å². The lowest BCUT2D eigenvalue weighted by atomic mass is 9.96. The van der Waals surface area contributed by atoms with Gasteiger partial charge in [0.05, 0.1) is 7.11 Å². The van der Waals surface area contributed by atoms with Crippen molar-refractivity contribution >= 4 is 11.6 Å². The van der Waals surface area contributed by atoms with Gasteiger partial charge in [0.25, 0.3) is 0 Å². The predicted molar refractivity (Wildman–Crippen MR) is 87.1 cm³/mol. The van der Waals surface area contributed by atoms with Crippen molar-refractivity contribution in [2.45, 2.75) is 44.8 Å². The summed E-state index contributed by atoms with van der Waals surface area (Å²) >= 11 is 6.40. The molecule has 0 bridgehead atoms. The molecular formula is C17H25ClN2O. The highest BCUT2D eigenvalue weighted by atomic mass is 35.5. The van der Waals surface area contributed by atoms with E-state index < -0.39 is 0 Å². The van der Waals surface area contributed by atoms with Crippen molar-refractivity contribution in [3.8, 4) is 5.75 Å². The molecule has 3 nitrogen and oxygen atoms in total. The third-order valence-corrected chi connectivity index (χ3v) is 5.33. The fourth-order valence-electron chi connectivity index (χ4n) is 3.72. The molecule has 1 aromatic rings. The van der Waals surface area contributed by atoms with Crippen molar-refractivity contribution in [2.24, 2.45) is 0 Å². The summed E-state index contributed by atoms with van der Waals surface area (Å²) in [5.74, 6) is 0.903. The molecule has 2 heterocycles. The second-order valence-electron chi connectivity index (χ2n) is 6.34. The molecule has 3 rings (SSSR count). The van der Waals surface area contributed by atoms with Crippen LogP contribution in [0, 0.1) is 0 Å². The van der Waals surface area contributed by atoms with Gasteiger partial charge in [0.1, 0.15) is 5.75 Å². The van der Waals surface area contributed by atoms with Crippen LogP contribution in [-0.4, -0.2) is 48.6 Å². The Labute approximate surface area is 132 Å². The Morgan fingerprint density at radius 3 is 2.95 bits per heavy atom. The second kappa shape index (κ2) is 6.55. The molecule has 2 aliphatic heterocycles. The standard InChI is InChI=1S/C17H25ClN2O/c1-13-10-19-9-4-3-6-14(19)11-20(13)12-15-16(18)7-5-8-17(15)21-2/h5,7-8,13-14H,3-4,6,9-12H2,1-2H3. The van der Waals surface area contributed by atoms with Gasteiger partial charge in [0, 0.05) is 42.3 Å². The molecule has 2 aliphatic rings. The van der Waals surface area contributed by atoms with Crippen LogP contribution in [0.2, 0.25) is 5.02 Å².